The third-order valence-corrected chi connectivity index (χ3v) is 6.03. The van der Waals surface area contributed by atoms with Crippen molar-refractivity contribution in [2.45, 2.75) is 72.4 Å². The minimum absolute atomic E-state index is 0.0606. The second-order valence-electron chi connectivity index (χ2n) is 9.25. The van der Waals surface area contributed by atoms with Crippen LogP contribution in [-0.2, 0) is 14.3 Å². The minimum atomic E-state index is -0.721. The van der Waals surface area contributed by atoms with Gasteiger partial charge < -0.3 is 20.3 Å². The van der Waals surface area contributed by atoms with Crippen molar-refractivity contribution in [1.82, 2.24) is 15.5 Å². The van der Waals surface area contributed by atoms with Gasteiger partial charge in [0, 0.05) is 38.6 Å². The molecule has 2 aliphatic rings. The number of carbonyl (C=O) groups excluding carboxylic acids is 2. The molecule has 2 amide bonds. The molecule has 2 N–H and O–H groups in total. The van der Waals surface area contributed by atoms with Crippen LogP contribution in [0.25, 0.3) is 0 Å². The lowest BCUT2D eigenvalue weighted by Gasteiger charge is -2.35. The molecule has 156 valence electrons. The first-order chi connectivity index (χ1) is 12.7. The standard InChI is InChI=1S/C21H39N3O3/c1-15-7-6-8-16(2)19(15)27-14-17(3)23-20(26)21(4,5)13-18(25)24-11-9-22-10-12-24/h15-17,19,22H,6-14H2,1-5H3,(H,23,26). The smallest absolute Gasteiger partial charge is 0.226 e. The van der Waals surface area contributed by atoms with Crippen molar-refractivity contribution >= 4 is 11.8 Å². The van der Waals surface area contributed by atoms with Crippen molar-refractivity contribution in [3.05, 3.63) is 0 Å². The Hall–Kier alpha value is -1.14. The predicted octanol–water partition coefficient (Wildman–Crippen LogP) is 2.18. The van der Waals surface area contributed by atoms with Crippen LogP contribution < -0.4 is 10.6 Å². The monoisotopic (exact) mass is 381 g/mol. The van der Waals surface area contributed by atoms with Crippen molar-refractivity contribution in [2.75, 3.05) is 32.8 Å². The number of rotatable bonds is 7. The first-order valence-corrected chi connectivity index (χ1v) is 10.6. The zero-order valence-corrected chi connectivity index (χ0v) is 17.8. The summed E-state index contributed by atoms with van der Waals surface area (Å²) in [6.45, 7) is 13.8. The van der Waals surface area contributed by atoms with E-state index >= 15 is 0 Å². The van der Waals surface area contributed by atoms with Crippen molar-refractivity contribution < 1.29 is 14.3 Å². The topological polar surface area (TPSA) is 70.7 Å². The normalized spacial score (nSPS) is 27.9. The number of carbonyl (C=O) groups is 2. The maximum atomic E-state index is 12.7. The van der Waals surface area contributed by atoms with E-state index < -0.39 is 5.41 Å². The van der Waals surface area contributed by atoms with Gasteiger partial charge in [-0.1, -0.05) is 34.1 Å². The molecule has 0 aromatic carbocycles. The SMILES string of the molecule is CC(COC1C(C)CCCC1C)NC(=O)C(C)(C)CC(=O)N1CCNCC1. The van der Waals surface area contributed by atoms with Crippen molar-refractivity contribution in [3.63, 3.8) is 0 Å². The highest BCUT2D eigenvalue weighted by molar-refractivity contribution is 5.88. The average Bonchev–Trinajstić information content (AvgIpc) is 2.61. The van der Waals surface area contributed by atoms with Gasteiger partial charge in [-0.15, -0.1) is 0 Å². The first kappa shape index (κ1) is 22.2. The van der Waals surface area contributed by atoms with Crippen molar-refractivity contribution in [3.8, 4) is 0 Å². The molecule has 0 bridgehead atoms. The summed E-state index contributed by atoms with van der Waals surface area (Å²) in [7, 11) is 0. The molecule has 2 rings (SSSR count). The van der Waals surface area contributed by atoms with E-state index in [0.29, 0.717) is 18.4 Å². The van der Waals surface area contributed by atoms with Gasteiger partial charge in [-0.25, -0.2) is 0 Å². The molecule has 1 aliphatic heterocycles. The Morgan fingerprint density at radius 1 is 1.19 bits per heavy atom. The first-order valence-electron chi connectivity index (χ1n) is 10.6. The van der Waals surface area contributed by atoms with Crippen LogP contribution in [0, 0.1) is 17.3 Å². The van der Waals surface area contributed by atoms with E-state index in [9.17, 15) is 9.59 Å². The fourth-order valence-corrected chi connectivity index (χ4v) is 4.18. The summed E-state index contributed by atoms with van der Waals surface area (Å²) in [6, 6.07) is -0.0626. The maximum absolute atomic E-state index is 12.7. The third-order valence-electron chi connectivity index (χ3n) is 6.03. The van der Waals surface area contributed by atoms with Crippen LogP contribution in [0.2, 0.25) is 0 Å². The van der Waals surface area contributed by atoms with Crippen LogP contribution in [0.1, 0.15) is 60.3 Å². The van der Waals surface area contributed by atoms with Gasteiger partial charge in [0.15, 0.2) is 0 Å². The van der Waals surface area contributed by atoms with Crippen LogP contribution in [0.3, 0.4) is 0 Å². The van der Waals surface area contributed by atoms with Crippen LogP contribution in [-0.4, -0.2) is 61.6 Å². The number of piperazine rings is 1. The number of hydrogen-bond donors (Lipinski definition) is 2. The summed E-state index contributed by atoms with van der Waals surface area (Å²) in [5, 5.41) is 6.29. The molecule has 1 saturated heterocycles. The zero-order valence-electron chi connectivity index (χ0n) is 17.8. The molecule has 1 heterocycles. The van der Waals surface area contributed by atoms with Crippen molar-refractivity contribution in [1.29, 1.82) is 0 Å². The van der Waals surface area contributed by atoms with Crippen molar-refractivity contribution in [2.24, 2.45) is 17.3 Å². The lowest BCUT2D eigenvalue weighted by Crippen LogP contribution is -2.50. The van der Waals surface area contributed by atoms with Gasteiger partial charge in [0.05, 0.1) is 18.1 Å². The van der Waals surface area contributed by atoms with Gasteiger partial charge in [0.1, 0.15) is 0 Å². The lowest BCUT2D eigenvalue weighted by atomic mass is 9.80. The Kier molecular flexibility index (Phi) is 8.10. The molecule has 6 nitrogen and oxygen atoms in total. The van der Waals surface area contributed by atoms with Crippen LogP contribution in [0.15, 0.2) is 0 Å². The Labute approximate surface area is 164 Å². The van der Waals surface area contributed by atoms with Gasteiger partial charge in [-0.05, 0) is 31.6 Å². The highest BCUT2D eigenvalue weighted by Gasteiger charge is 2.34. The average molecular weight is 382 g/mol. The number of amides is 2. The van der Waals surface area contributed by atoms with E-state index in [0.717, 1.165) is 26.2 Å². The molecule has 3 atom stereocenters. The van der Waals surface area contributed by atoms with Gasteiger partial charge in [-0.3, -0.25) is 9.59 Å². The molecule has 0 aromatic rings. The van der Waals surface area contributed by atoms with E-state index in [1.807, 2.05) is 25.7 Å². The zero-order chi connectivity index (χ0) is 20.0. The molecule has 1 aliphatic carbocycles. The fourth-order valence-electron chi connectivity index (χ4n) is 4.18. The predicted molar refractivity (Wildman–Crippen MR) is 107 cm³/mol. The van der Waals surface area contributed by atoms with Crippen LogP contribution >= 0.6 is 0 Å². The highest BCUT2D eigenvalue weighted by atomic mass is 16.5. The number of nitrogens with zero attached hydrogens (tertiary/aromatic N) is 1. The van der Waals surface area contributed by atoms with E-state index in [1.54, 1.807) is 0 Å². The van der Waals surface area contributed by atoms with Gasteiger partial charge >= 0.3 is 0 Å². The van der Waals surface area contributed by atoms with Gasteiger partial charge in [0.2, 0.25) is 11.8 Å². The maximum Gasteiger partial charge on any atom is 0.226 e. The second-order valence-corrected chi connectivity index (χ2v) is 9.25. The highest BCUT2D eigenvalue weighted by Crippen LogP contribution is 2.31. The summed E-state index contributed by atoms with van der Waals surface area (Å²) in [6.07, 6.45) is 4.24. The number of hydrogen-bond acceptors (Lipinski definition) is 4. The summed E-state index contributed by atoms with van der Waals surface area (Å²) >= 11 is 0. The van der Waals surface area contributed by atoms with Gasteiger partial charge in [0.25, 0.3) is 0 Å². The molecule has 0 spiro atoms. The summed E-state index contributed by atoms with van der Waals surface area (Å²) < 4.78 is 6.16. The van der Waals surface area contributed by atoms with Crippen LogP contribution in [0.4, 0.5) is 0 Å². The van der Waals surface area contributed by atoms with E-state index in [-0.39, 0.29) is 30.4 Å². The fraction of sp³-hybridized carbons (Fsp3) is 0.905. The van der Waals surface area contributed by atoms with E-state index in [1.165, 1.54) is 19.3 Å². The van der Waals surface area contributed by atoms with E-state index in [2.05, 4.69) is 24.5 Å². The Morgan fingerprint density at radius 2 is 1.78 bits per heavy atom. The molecular weight excluding hydrogens is 342 g/mol. The number of ether oxygens (including phenoxy) is 1. The molecule has 2 fully saturated rings. The minimum Gasteiger partial charge on any atom is -0.376 e. The Balaban J connectivity index is 1.78. The van der Waals surface area contributed by atoms with Crippen LogP contribution in [0.5, 0.6) is 0 Å². The number of nitrogens with one attached hydrogen (secondary N) is 2. The van der Waals surface area contributed by atoms with E-state index in [4.69, 9.17) is 4.74 Å². The second kappa shape index (κ2) is 9.87. The molecule has 0 radical (unpaired) electrons. The molecule has 6 heteroatoms. The van der Waals surface area contributed by atoms with Gasteiger partial charge in [-0.2, -0.15) is 0 Å². The quantitative estimate of drug-likeness (QED) is 0.709. The molecule has 0 aromatic heterocycles. The third kappa shape index (κ3) is 6.46. The Bertz CT molecular complexity index is 493. The summed E-state index contributed by atoms with van der Waals surface area (Å²) in [5.41, 5.74) is -0.721. The lowest BCUT2D eigenvalue weighted by molar-refractivity contribution is -0.140. The molecular formula is C21H39N3O3. The Morgan fingerprint density at radius 3 is 2.37 bits per heavy atom. The molecule has 1 saturated carbocycles. The summed E-state index contributed by atoms with van der Waals surface area (Å²) in [5.74, 6) is 1.13. The summed E-state index contributed by atoms with van der Waals surface area (Å²) in [4.78, 5) is 27.1. The largest absolute Gasteiger partial charge is 0.376 e. The molecule has 3 unspecified atom stereocenters. The molecule has 27 heavy (non-hydrogen) atoms.